The molecule has 0 spiro atoms. The van der Waals surface area contributed by atoms with Crippen LogP contribution < -0.4 is 0 Å². The van der Waals surface area contributed by atoms with E-state index in [4.69, 9.17) is 18.9 Å². The zero-order valence-electron chi connectivity index (χ0n) is 11.8. The second-order valence-electron chi connectivity index (χ2n) is 4.44. The maximum atomic E-state index is 11.2. The summed E-state index contributed by atoms with van der Waals surface area (Å²) >= 11 is 3.16. The van der Waals surface area contributed by atoms with Gasteiger partial charge in [0.25, 0.3) is 0 Å². The number of hydrogen-bond donors (Lipinski definition) is 1. The highest BCUT2D eigenvalue weighted by molar-refractivity contribution is 9.09. The highest BCUT2D eigenvalue weighted by Gasteiger charge is 2.50. The number of esters is 3. The Morgan fingerprint density at radius 3 is 1.81 bits per heavy atom. The van der Waals surface area contributed by atoms with Crippen LogP contribution in [0.1, 0.15) is 20.8 Å². The summed E-state index contributed by atoms with van der Waals surface area (Å²) in [7, 11) is 0. The first-order valence-electron chi connectivity index (χ1n) is 6.17. The van der Waals surface area contributed by atoms with Crippen LogP contribution in [-0.2, 0) is 33.3 Å². The number of aliphatic hydroxyl groups is 1. The Balaban J connectivity index is 3.08. The topological polar surface area (TPSA) is 108 Å². The van der Waals surface area contributed by atoms with E-state index in [9.17, 15) is 19.5 Å². The minimum absolute atomic E-state index is 0.215. The van der Waals surface area contributed by atoms with Gasteiger partial charge < -0.3 is 24.1 Å². The lowest BCUT2D eigenvalue weighted by Crippen LogP contribution is -2.61. The summed E-state index contributed by atoms with van der Waals surface area (Å²) in [6.45, 7) is 3.47. The molecule has 0 amide bonds. The molecule has 0 saturated carbocycles. The molecule has 1 N–H and O–H groups in total. The fraction of sp³-hybridized carbons (Fsp3) is 0.750. The number of rotatable bonds is 4. The molecule has 0 aromatic rings. The minimum atomic E-state index is -1.51. The van der Waals surface area contributed by atoms with Crippen LogP contribution in [0.3, 0.4) is 0 Å². The second kappa shape index (κ2) is 7.71. The van der Waals surface area contributed by atoms with Gasteiger partial charge in [0.15, 0.2) is 24.6 Å². The largest absolute Gasteiger partial charge is 0.456 e. The first kappa shape index (κ1) is 17.9. The third kappa shape index (κ3) is 4.94. The third-order valence-electron chi connectivity index (χ3n) is 2.67. The molecule has 5 atom stereocenters. The average Bonchev–Trinajstić information content (AvgIpc) is 2.35. The third-order valence-corrected chi connectivity index (χ3v) is 3.31. The zero-order chi connectivity index (χ0) is 16.2. The highest BCUT2D eigenvalue weighted by atomic mass is 79.9. The number of alkyl halides is 1. The quantitative estimate of drug-likeness (QED) is 0.416. The van der Waals surface area contributed by atoms with Crippen LogP contribution >= 0.6 is 15.9 Å². The van der Waals surface area contributed by atoms with Crippen LogP contribution in [-0.4, -0.2) is 59.1 Å². The van der Waals surface area contributed by atoms with Gasteiger partial charge >= 0.3 is 17.9 Å². The van der Waals surface area contributed by atoms with Crippen LogP contribution in [0.5, 0.6) is 0 Å². The molecule has 21 heavy (non-hydrogen) atoms. The number of aliphatic hydroxyl groups excluding tert-OH is 1. The van der Waals surface area contributed by atoms with Gasteiger partial charge in [0.05, 0.1) is 0 Å². The first-order chi connectivity index (χ1) is 9.76. The number of carbonyl (C=O) groups is 3. The Morgan fingerprint density at radius 1 is 0.952 bits per heavy atom. The van der Waals surface area contributed by atoms with Gasteiger partial charge in [0.2, 0.25) is 0 Å². The zero-order valence-corrected chi connectivity index (χ0v) is 13.4. The molecule has 1 fully saturated rings. The first-order valence-corrected chi connectivity index (χ1v) is 7.29. The van der Waals surface area contributed by atoms with E-state index in [0.717, 1.165) is 13.8 Å². The molecule has 0 bridgehead atoms. The summed E-state index contributed by atoms with van der Waals surface area (Å²) in [5, 5.41) is 10.1. The maximum absolute atomic E-state index is 11.2. The molecule has 0 aliphatic carbocycles. The van der Waals surface area contributed by atoms with Crippen molar-refractivity contribution in [3.8, 4) is 0 Å². The summed E-state index contributed by atoms with van der Waals surface area (Å²) in [6.07, 6.45) is -5.74. The van der Waals surface area contributed by atoms with E-state index in [1.807, 2.05) is 0 Å². The van der Waals surface area contributed by atoms with Crippen molar-refractivity contribution in [3.05, 3.63) is 0 Å². The van der Waals surface area contributed by atoms with E-state index in [0.29, 0.717) is 0 Å². The molecule has 1 rings (SSSR count). The Hall–Kier alpha value is -1.19. The Bertz CT molecular complexity index is 412. The van der Waals surface area contributed by atoms with Gasteiger partial charge in [-0.3, -0.25) is 14.4 Å². The van der Waals surface area contributed by atoms with Crippen molar-refractivity contribution >= 4 is 33.8 Å². The molecular formula is C12H17BrO8. The molecule has 1 unspecified atom stereocenters. The summed E-state index contributed by atoms with van der Waals surface area (Å²) in [6, 6.07) is 0. The van der Waals surface area contributed by atoms with Crippen molar-refractivity contribution < 1.29 is 38.4 Å². The fourth-order valence-electron chi connectivity index (χ4n) is 2.00. The summed E-state index contributed by atoms with van der Waals surface area (Å²) in [5.41, 5.74) is 0. The standard InChI is InChI=1S/C12H17BrO8/c1-5(14)18-9-8(4-13)21-12(17)11(20-7(3)16)10(9)19-6(2)15/h8-12,17H,4H2,1-3H3/t8-,9+,10+,11-,12?/m0/s1. The second-order valence-corrected chi connectivity index (χ2v) is 5.09. The lowest BCUT2D eigenvalue weighted by Gasteiger charge is -2.42. The molecule has 9 heteroatoms. The molecule has 8 nitrogen and oxygen atoms in total. The predicted molar refractivity (Wildman–Crippen MR) is 71.3 cm³/mol. The molecule has 1 heterocycles. The van der Waals surface area contributed by atoms with Crippen LogP contribution in [0.2, 0.25) is 0 Å². The number of carbonyl (C=O) groups excluding carboxylic acids is 3. The molecule has 0 radical (unpaired) electrons. The normalized spacial score (nSPS) is 32.1. The molecule has 0 aromatic carbocycles. The average molecular weight is 369 g/mol. The lowest BCUT2D eigenvalue weighted by molar-refractivity contribution is -0.287. The van der Waals surface area contributed by atoms with Crippen LogP contribution in [0.25, 0.3) is 0 Å². The van der Waals surface area contributed by atoms with E-state index in [2.05, 4.69) is 15.9 Å². The van der Waals surface area contributed by atoms with Crippen LogP contribution in [0.4, 0.5) is 0 Å². The van der Waals surface area contributed by atoms with Gasteiger partial charge in [-0.1, -0.05) is 15.9 Å². The Labute approximate surface area is 129 Å². The van der Waals surface area contributed by atoms with E-state index in [1.165, 1.54) is 6.92 Å². The molecule has 1 saturated heterocycles. The van der Waals surface area contributed by atoms with Gasteiger partial charge in [-0.2, -0.15) is 0 Å². The van der Waals surface area contributed by atoms with E-state index in [1.54, 1.807) is 0 Å². The highest BCUT2D eigenvalue weighted by Crippen LogP contribution is 2.28. The Morgan fingerprint density at radius 2 is 1.38 bits per heavy atom. The van der Waals surface area contributed by atoms with E-state index in [-0.39, 0.29) is 5.33 Å². The number of hydrogen-bond acceptors (Lipinski definition) is 8. The van der Waals surface area contributed by atoms with Crippen molar-refractivity contribution in [1.29, 1.82) is 0 Å². The van der Waals surface area contributed by atoms with Gasteiger partial charge in [0, 0.05) is 26.1 Å². The van der Waals surface area contributed by atoms with Crippen molar-refractivity contribution in [2.45, 2.75) is 51.5 Å². The summed E-state index contributed by atoms with van der Waals surface area (Å²) in [4.78, 5) is 33.6. The van der Waals surface area contributed by atoms with E-state index >= 15 is 0 Å². The van der Waals surface area contributed by atoms with Crippen molar-refractivity contribution in [1.82, 2.24) is 0 Å². The van der Waals surface area contributed by atoms with Gasteiger partial charge in [-0.25, -0.2) is 0 Å². The molecule has 0 aromatic heterocycles. The van der Waals surface area contributed by atoms with E-state index < -0.39 is 48.6 Å². The number of halogens is 1. The van der Waals surface area contributed by atoms with Gasteiger partial charge in [-0.15, -0.1) is 0 Å². The molecule has 1 aliphatic rings. The summed E-state index contributed by atoms with van der Waals surface area (Å²) in [5.74, 6) is -1.99. The SMILES string of the molecule is CC(=O)O[C@@H]1[C@H](OC(C)=O)[C@H](CBr)OC(O)[C@H]1OC(C)=O. The Kier molecular flexibility index (Phi) is 6.56. The van der Waals surface area contributed by atoms with Crippen LogP contribution in [0.15, 0.2) is 0 Å². The van der Waals surface area contributed by atoms with Crippen LogP contribution in [0, 0.1) is 0 Å². The molecule has 120 valence electrons. The van der Waals surface area contributed by atoms with Crippen molar-refractivity contribution in [2.24, 2.45) is 0 Å². The minimum Gasteiger partial charge on any atom is -0.456 e. The van der Waals surface area contributed by atoms with Gasteiger partial charge in [0.1, 0.15) is 6.10 Å². The molecule has 1 aliphatic heterocycles. The molecular weight excluding hydrogens is 352 g/mol. The smallest absolute Gasteiger partial charge is 0.303 e. The predicted octanol–water partition coefficient (Wildman–Crippen LogP) is -0.106. The number of ether oxygens (including phenoxy) is 4. The van der Waals surface area contributed by atoms with Crippen molar-refractivity contribution in [2.75, 3.05) is 5.33 Å². The maximum Gasteiger partial charge on any atom is 0.303 e. The fourth-order valence-corrected chi connectivity index (χ4v) is 2.52. The summed E-state index contributed by atoms with van der Waals surface area (Å²) < 4.78 is 20.3. The van der Waals surface area contributed by atoms with Crippen molar-refractivity contribution in [3.63, 3.8) is 0 Å². The monoisotopic (exact) mass is 368 g/mol. The van der Waals surface area contributed by atoms with Gasteiger partial charge in [-0.05, 0) is 0 Å². The lowest BCUT2D eigenvalue weighted by atomic mass is 9.99.